The van der Waals surface area contributed by atoms with Gasteiger partial charge in [0.2, 0.25) is 5.78 Å². The first kappa shape index (κ1) is 27.2. The van der Waals surface area contributed by atoms with Crippen LogP contribution in [0.3, 0.4) is 0 Å². The van der Waals surface area contributed by atoms with Gasteiger partial charge in [-0.25, -0.2) is 0 Å². The topological polar surface area (TPSA) is 173 Å². The van der Waals surface area contributed by atoms with E-state index in [0.29, 0.717) is 11.6 Å². The van der Waals surface area contributed by atoms with Gasteiger partial charge in [0.15, 0.2) is 11.4 Å². The lowest BCUT2D eigenvalue weighted by molar-refractivity contribution is -0.153. The number of phenols is 1. The number of aliphatic hydroxyl groups excluding tert-OH is 2. The standard InChI is InChI=1S/C31H33N3O7/c1-34(2)25-20-12-16-11-19-18(15-5-3-4-14(10-15)13-33-17-6-7-17)8-9-21(35)23(19)26(36)22(16)28(38)31(20,41)29(39)24(27(25)37)30(32)40/h3-5,8-10,16-17,20,25,33,35-36,39,41H,6-7,11-13H2,1-2H3,(H2,32,40)/t16-,20-,25-,31-/m0/s1. The van der Waals surface area contributed by atoms with Gasteiger partial charge in [0, 0.05) is 24.1 Å². The molecule has 10 nitrogen and oxygen atoms in total. The maximum atomic E-state index is 14.0. The lowest BCUT2D eigenvalue weighted by Crippen LogP contribution is -2.65. The number of nitrogens with two attached hydrogens (primary N) is 1. The number of phenolic OH excluding ortho intramolecular Hbond substituents is 1. The Labute approximate surface area is 236 Å². The fourth-order valence-electron chi connectivity index (χ4n) is 6.91. The van der Waals surface area contributed by atoms with Crippen LogP contribution in [0.5, 0.6) is 5.75 Å². The zero-order valence-electron chi connectivity index (χ0n) is 22.8. The number of carbonyl (C=O) groups is 3. The monoisotopic (exact) mass is 559 g/mol. The molecule has 0 bridgehead atoms. The summed E-state index contributed by atoms with van der Waals surface area (Å²) < 4.78 is 0. The molecule has 4 atom stereocenters. The van der Waals surface area contributed by atoms with E-state index in [4.69, 9.17) is 5.73 Å². The highest BCUT2D eigenvalue weighted by molar-refractivity contribution is 6.24. The molecule has 0 saturated heterocycles. The molecule has 0 aliphatic heterocycles. The molecular formula is C31H33N3O7. The van der Waals surface area contributed by atoms with Crippen molar-refractivity contribution in [2.75, 3.05) is 14.1 Å². The van der Waals surface area contributed by atoms with Gasteiger partial charge in [-0.15, -0.1) is 0 Å². The zero-order chi connectivity index (χ0) is 29.4. The van der Waals surface area contributed by atoms with Gasteiger partial charge in [0.1, 0.15) is 22.8 Å². The highest BCUT2D eigenvalue weighted by Gasteiger charge is 2.64. The minimum Gasteiger partial charge on any atom is -0.508 e. The van der Waals surface area contributed by atoms with Crippen molar-refractivity contribution in [3.05, 3.63) is 70.0 Å². The Kier molecular flexibility index (Phi) is 6.33. The van der Waals surface area contributed by atoms with Crippen LogP contribution in [0.15, 0.2) is 53.3 Å². The fraction of sp³-hybridized carbons (Fsp3) is 0.387. The van der Waals surface area contributed by atoms with Crippen LogP contribution in [0.2, 0.25) is 0 Å². The van der Waals surface area contributed by atoms with Crippen LogP contribution in [-0.2, 0) is 27.3 Å². The summed E-state index contributed by atoms with van der Waals surface area (Å²) in [6, 6.07) is 10.7. The van der Waals surface area contributed by atoms with Crippen molar-refractivity contribution in [3.8, 4) is 16.9 Å². The van der Waals surface area contributed by atoms with E-state index in [0.717, 1.165) is 23.2 Å². The van der Waals surface area contributed by atoms with Crippen molar-refractivity contribution in [2.45, 2.75) is 49.9 Å². The van der Waals surface area contributed by atoms with Crippen LogP contribution in [0.4, 0.5) is 0 Å². The smallest absolute Gasteiger partial charge is 0.255 e. The lowest BCUT2D eigenvalue weighted by Gasteiger charge is -2.50. The number of carbonyl (C=O) groups excluding carboxylic acids is 3. The van der Waals surface area contributed by atoms with E-state index < -0.39 is 58.0 Å². The van der Waals surface area contributed by atoms with Gasteiger partial charge in [0.05, 0.1) is 11.6 Å². The predicted octanol–water partition coefficient (Wildman–Crippen LogP) is 1.88. The van der Waals surface area contributed by atoms with Crippen LogP contribution in [0, 0.1) is 11.8 Å². The van der Waals surface area contributed by atoms with E-state index in [1.165, 1.54) is 23.8 Å². The molecule has 4 aliphatic carbocycles. The number of primary amides is 1. The minimum atomic E-state index is -2.65. The summed E-state index contributed by atoms with van der Waals surface area (Å²) in [6.07, 6.45) is 2.63. The van der Waals surface area contributed by atoms with Crippen LogP contribution in [-0.4, -0.2) is 74.6 Å². The molecule has 10 heteroatoms. The third-order valence-corrected chi connectivity index (χ3v) is 9.01. The molecular weight excluding hydrogens is 526 g/mol. The van der Waals surface area contributed by atoms with Crippen molar-refractivity contribution < 1.29 is 34.8 Å². The second kappa shape index (κ2) is 9.54. The minimum absolute atomic E-state index is 0.0478. The predicted molar refractivity (Wildman–Crippen MR) is 150 cm³/mol. The third kappa shape index (κ3) is 4.08. The average molecular weight is 560 g/mol. The maximum absolute atomic E-state index is 14.0. The van der Waals surface area contributed by atoms with E-state index in [-0.39, 0.29) is 29.7 Å². The van der Waals surface area contributed by atoms with Gasteiger partial charge in [-0.1, -0.05) is 24.3 Å². The number of fused-ring (bicyclic) bond motifs is 3. The van der Waals surface area contributed by atoms with E-state index in [9.17, 15) is 34.8 Å². The maximum Gasteiger partial charge on any atom is 0.255 e. The fourth-order valence-corrected chi connectivity index (χ4v) is 6.91. The van der Waals surface area contributed by atoms with Gasteiger partial charge < -0.3 is 31.5 Å². The van der Waals surface area contributed by atoms with Crippen LogP contribution >= 0.6 is 0 Å². The zero-order valence-corrected chi connectivity index (χ0v) is 22.8. The van der Waals surface area contributed by atoms with Crippen molar-refractivity contribution in [1.29, 1.82) is 0 Å². The number of hydrogen-bond acceptors (Lipinski definition) is 9. The lowest BCUT2D eigenvalue weighted by atomic mass is 9.57. The van der Waals surface area contributed by atoms with Gasteiger partial charge in [-0.3, -0.25) is 19.3 Å². The number of nitrogens with one attached hydrogen (secondary N) is 1. The molecule has 2 aromatic rings. The highest BCUT2D eigenvalue weighted by Crippen LogP contribution is 2.53. The molecule has 7 N–H and O–H groups in total. The number of rotatable bonds is 6. The molecule has 0 aromatic heterocycles. The molecule has 0 spiro atoms. The molecule has 214 valence electrons. The third-order valence-electron chi connectivity index (χ3n) is 9.01. The van der Waals surface area contributed by atoms with Gasteiger partial charge >= 0.3 is 0 Å². The number of amides is 1. The first-order valence-electron chi connectivity index (χ1n) is 13.8. The Balaban J connectivity index is 1.48. The number of benzene rings is 2. The second-order valence-corrected chi connectivity index (χ2v) is 11.8. The van der Waals surface area contributed by atoms with E-state index >= 15 is 0 Å². The van der Waals surface area contributed by atoms with Gasteiger partial charge in [-0.05, 0) is 80.1 Å². The van der Waals surface area contributed by atoms with Gasteiger partial charge in [0.25, 0.3) is 5.91 Å². The number of likely N-dealkylation sites (N-methyl/N-ethyl adjacent to an activating group) is 1. The Morgan fingerprint density at radius 2 is 1.85 bits per heavy atom. The number of Topliss-reactive ketones (excluding diaryl/α,β-unsaturated/α-hetero) is 2. The number of ketones is 2. The summed E-state index contributed by atoms with van der Waals surface area (Å²) >= 11 is 0. The number of hydrogen-bond donors (Lipinski definition) is 6. The van der Waals surface area contributed by atoms with Crippen molar-refractivity contribution in [3.63, 3.8) is 0 Å². The summed E-state index contributed by atoms with van der Waals surface area (Å²) in [7, 11) is 3.16. The SMILES string of the molecule is CN(C)[C@@H]1C(=O)C(C(N)=O)=C(O)[C@@]2(O)C(=O)C3=C(O)c4c(O)ccc(-c5cccc(CNC6CC6)c5)c4C[C@H]3C[C@@H]12. The highest BCUT2D eigenvalue weighted by atomic mass is 16.3. The van der Waals surface area contributed by atoms with E-state index in [1.807, 2.05) is 18.2 Å². The molecule has 41 heavy (non-hydrogen) atoms. The Morgan fingerprint density at radius 3 is 2.51 bits per heavy atom. The Morgan fingerprint density at radius 1 is 1.12 bits per heavy atom. The molecule has 4 aliphatic rings. The molecule has 2 saturated carbocycles. The average Bonchev–Trinajstić information content (AvgIpc) is 3.74. The molecule has 1 amide bonds. The van der Waals surface area contributed by atoms with Gasteiger partial charge in [-0.2, -0.15) is 0 Å². The Hall–Kier alpha value is -3.99. The second-order valence-electron chi connectivity index (χ2n) is 11.8. The first-order valence-corrected chi connectivity index (χ1v) is 13.8. The summed E-state index contributed by atoms with van der Waals surface area (Å²) in [4.78, 5) is 40.9. The molecule has 0 heterocycles. The van der Waals surface area contributed by atoms with Crippen LogP contribution in [0.25, 0.3) is 16.9 Å². The van der Waals surface area contributed by atoms with Crippen molar-refractivity contribution >= 4 is 23.2 Å². The summed E-state index contributed by atoms with van der Waals surface area (Å²) in [5, 5.41) is 48.6. The molecule has 0 unspecified atom stereocenters. The number of aliphatic hydroxyl groups is 3. The van der Waals surface area contributed by atoms with Crippen molar-refractivity contribution in [1.82, 2.24) is 10.2 Å². The summed E-state index contributed by atoms with van der Waals surface area (Å²) in [6.45, 7) is 0.718. The largest absolute Gasteiger partial charge is 0.508 e. The van der Waals surface area contributed by atoms with Crippen LogP contribution < -0.4 is 11.1 Å². The summed E-state index contributed by atoms with van der Waals surface area (Å²) in [5.74, 6) is -6.61. The molecule has 2 aromatic carbocycles. The summed E-state index contributed by atoms with van der Waals surface area (Å²) in [5.41, 5.74) is 5.23. The quantitative estimate of drug-likeness (QED) is 0.289. The number of aromatic hydroxyl groups is 1. The van der Waals surface area contributed by atoms with Crippen LogP contribution in [0.1, 0.15) is 36.0 Å². The molecule has 6 rings (SSSR count). The van der Waals surface area contributed by atoms with E-state index in [2.05, 4.69) is 11.4 Å². The van der Waals surface area contributed by atoms with Crippen molar-refractivity contribution in [2.24, 2.45) is 17.6 Å². The normalized spacial score (nSPS) is 27.6. The molecule has 2 fully saturated rings. The molecule has 0 radical (unpaired) electrons. The number of nitrogens with zero attached hydrogens (tertiary/aromatic N) is 1. The Bertz CT molecular complexity index is 1570. The van der Waals surface area contributed by atoms with E-state index in [1.54, 1.807) is 20.2 Å². The first-order chi connectivity index (χ1) is 19.4.